The van der Waals surface area contributed by atoms with Crippen LogP contribution in [0.5, 0.6) is 0 Å². The topological polar surface area (TPSA) is 69.0 Å². The molecule has 1 N–H and O–H groups in total. The second-order valence-electron chi connectivity index (χ2n) is 7.08. The number of rotatable bonds is 5. The molecule has 2 aromatic heterocycles. The molecule has 1 atom stereocenters. The van der Waals surface area contributed by atoms with E-state index < -0.39 is 5.60 Å². The molecule has 0 fully saturated rings. The van der Waals surface area contributed by atoms with Crippen LogP contribution < -0.4 is 5.32 Å². The van der Waals surface area contributed by atoms with Crippen LogP contribution in [-0.2, 0) is 16.9 Å². The molecule has 128 valence electrons. The molecule has 0 bridgehead atoms. The standard InChI is InChI=1S/C18H24N4O2/c1-11(10-22-13(3)8-12(2)21-22)9-20-16-15-14(6-7-19-16)18(4,5)24-17(15)23/h6-8,11H,9-10H2,1-5H3,(H,19,20)/t11-/m0/s1. The molecule has 1 aliphatic heterocycles. The van der Waals surface area contributed by atoms with Gasteiger partial charge in [0.2, 0.25) is 0 Å². The Kier molecular flexibility index (Phi) is 4.07. The Hall–Kier alpha value is -2.37. The summed E-state index contributed by atoms with van der Waals surface area (Å²) in [6.07, 6.45) is 1.72. The highest BCUT2D eigenvalue weighted by atomic mass is 16.6. The van der Waals surface area contributed by atoms with Gasteiger partial charge in [-0.1, -0.05) is 6.92 Å². The summed E-state index contributed by atoms with van der Waals surface area (Å²) >= 11 is 0. The maximum atomic E-state index is 12.2. The average molecular weight is 328 g/mol. The van der Waals surface area contributed by atoms with Gasteiger partial charge in [-0.3, -0.25) is 4.68 Å². The van der Waals surface area contributed by atoms with Gasteiger partial charge in [0.25, 0.3) is 0 Å². The van der Waals surface area contributed by atoms with Crippen LogP contribution >= 0.6 is 0 Å². The molecule has 0 radical (unpaired) electrons. The van der Waals surface area contributed by atoms with E-state index in [-0.39, 0.29) is 5.97 Å². The predicted octanol–water partition coefficient (Wildman–Crippen LogP) is 3.05. The van der Waals surface area contributed by atoms with Gasteiger partial charge in [-0.2, -0.15) is 5.10 Å². The summed E-state index contributed by atoms with van der Waals surface area (Å²) in [5, 5.41) is 7.80. The van der Waals surface area contributed by atoms with E-state index in [2.05, 4.69) is 35.3 Å². The zero-order chi connectivity index (χ0) is 17.5. The van der Waals surface area contributed by atoms with Crippen LogP contribution in [0, 0.1) is 19.8 Å². The molecule has 0 saturated carbocycles. The van der Waals surface area contributed by atoms with Crippen molar-refractivity contribution >= 4 is 11.8 Å². The first-order valence-electron chi connectivity index (χ1n) is 8.25. The number of fused-ring (bicyclic) bond motifs is 1. The van der Waals surface area contributed by atoms with E-state index in [9.17, 15) is 4.79 Å². The lowest BCUT2D eigenvalue weighted by Gasteiger charge is -2.17. The summed E-state index contributed by atoms with van der Waals surface area (Å²) in [5.41, 5.74) is 3.03. The van der Waals surface area contributed by atoms with Gasteiger partial charge in [0, 0.05) is 30.5 Å². The highest BCUT2D eigenvalue weighted by Crippen LogP contribution is 2.38. The lowest BCUT2D eigenvalue weighted by molar-refractivity contribution is 0.00958. The Balaban J connectivity index is 1.71. The fourth-order valence-corrected chi connectivity index (χ4v) is 3.13. The van der Waals surface area contributed by atoms with E-state index in [0.29, 0.717) is 23.8 Å². The molecule has 2 aromatic rings. The maximum absolute atomic E-state index is 12.2. The zero-order valence-electron chi connectivity index (χ0n) is 14.9. The van der Waals surface area contributed by atoms with Gasteiger partial charge in [0.15, 0.2) is 0 Å². The summed E-state index contributed by atoms with van der Waals surface area (Å²) in [5.74, 6) is 0.631. The number of aromatic nitrogens is 3. The Morgan fingerprint density at radius 3 is 2.79 bits per heavy atom. The number of aryl methyl sites for hydroxylation is 2. The summed E-state index contributed by atoms with van der Waals surface area (Å²) < 4.78 is 7.46. The van der Waals surface area contributed by atoms with E-state index in [4.69, 9.17) is 4.74 Å². The van der Waals surface area contributed by atoms with Gasteiger partial charge in [-0.15, -0.1) is 0 Å². The lowest BCUT2D eigenvalue weighted by Crippen LogP contribution is -2.20. The first-order chi connectivity index (χ1) is 11.3. The predicted molar refractivity (Wildman–Crippen MR) is 92.0 cm³/mol. The minimum atomic E-state index is -0.596. The SMILES string of the molecule is Cc1cc(C)n(C[C@@H](C)CNc2nccc3c2C(=O)OC3(C)C)n1. The van der Waals surface area contributed by atoms with Gasteiger partial charge in [0.05, 0.1) is 5.69 Å². The van der Waals surface area contributed by atoms with Gasteiger partial charge in [-0.05, 0) is 45.7 Å². The quantitative estimate of drug-likeness (QED) is 0.854. The maximum Gasteiger partial charge on any atom is 0.343 e. The molecule has 6 nitrogen and oxygen atoms in total. The highest BCUT2D eigenvalue weighted by Gasteiger charge is 2.39. The van der Waals surface area contributed by atoms with Crippen LogP contribution in [-0.4, -0.2) is 27.3 Å². The molecule has 0 unspecified atom stereocenters. The van der Waals surface area contributed by atoms with Crippen LogP contribution in [0.25, 0.3) is 0 Å². The van der Waals surface area contributed by atoms with Crippen molar-refractivity contribution in [2.45, 2.75) is 46.8 Å². The highest BCUT2D eigenvalue weighted by molar-refractivity contribution is 5.99. The summed E-state index contributed by atoms with van der Waals surface area (Å²) in [7, 11) is 0. The summed E-state index contributed by atoms with van der Waals surface area (Å²) in [4.78, 5) is 16.5. The average Bonchev–Trinajstić information content (AvgIpc) is 2.93. The normalized spacial score (nSPS) is 16.6. The zero-order valence-corrected chi connectivity index (χ0v) is 14.9. The molecule has 24 heavy (non-hydrogen) atoms. The number of carbonyl (C=O) groups is 1. The Morgan fingerprint density at radius 2 is 2.12 bits per heavy atom. The van der Waals surface area contributed by atoms with E-state index >= 15 is 0 Å². The van der Waals surface area contributed by atoms with Crippen molar-refractivity contribution in [1.82, 2.24) is 14.8 Å². The van der Waals surface area contributed by atoms with Crippen molar-refractivity contribution in [2.75, 3.05) is 11.9 Å². The number of hydrogen-bond donors (Lipinski definition) is 1. The minimum Gasteiger partial charge on any atom is -0.451 e. The molecule has 3 rings (SSSR count). The fourth-order valence-electron chi connectivity index (χ4n) is 3.13. The number of nitrogens with zero attached hydrogens (tertiary/aromatic N) is 3. The summed E-state index contributed by atoms with van der Waals surface area (Å²) in [6, 6.07) is 3.93. The molecule has 0 aromatic carbocycles. The third kappa shape index (κ3) is 3.00. The molecule has 0 saturated heterocycles. The molecular formula is C18H24N4O2. The Morgan fingerprint density at radius 1 is 1.38 bits per heavy atom. The first kappa shape index (κ1) is 16.5. The van der Waals surface area contributed by atoms with Crippen LogP contribution in [0.4, 0.5) is 5.82 Å². The van der Waals surface area contributed by atoms with Crippen LogP contribution in [0.1, 0.15) is 48.1 Å². The number of carbonyl (C=O) groups excluding carboxylic acids is 1. The third-order valence-electron chi connectivity index (χ3n) is 4.36. The number of anilines is 1. The lowest BCUT2D eigenvalue weighted by atomic mass is 9.97. The first-order valence-corrected chi connectivity index (χ1v) is 8.25. The van der Waals surface area contributed by atoms with E-state index in [1.165, 1.54) is 0 Å². The Labute approximate surface area is 142 Å². The monoisotopic (exact) mass is 328 g/mol. The largest absolute Gasteiger partial charge is 0.451 e. The van der Waals surface area contributed by atoms with Crippen LogP contribution in [0.2, 0.25) is 0 Å². The van der Waals surface area contributed by atoms with E-state index in [1.54, 1.807) is 6.20 Å². The molecule has 1 aliphatic rings. The molecule has 0 aliphatic carbocycles. The van der Waals surface area contributed by atoms with Crippen LogP contribution in [0.3, 0.4) is 0 Å². The summed E-state index contributed by atoms with van der Waals surface area (Å²) in [6.45, 7) is 11.5. The number of hydrogen-bond acceptors (Lipinski definition) is 5. The van der Waals surface area contributed by atoms with Crippen molar-refractivity contribution in [3.05, 3.63) is 40.8 Å². The van der Waals surface area contributed by atoms with Crippen molar-refractivity contribution in [1.29, 1.82) is 0 Å². The van der Waals surface area contributed by atoms with E-state index in [0.717, 1.165) is 23.5 Å². The molecular weight excluding hydrogens is 304 g/mol. The number of pyridine rings is 1. The van der Waals surface area contributed by atoms with Gasteiger partial charge in [-0.25, -0.2) is 9.78 Å². The minimum absolute atomic E-state index is 0.309. The molecule has 6 heteroatoms. The fraction of sp³-hybridized carbons (Fsp3) is 0.500. The van der Waals surface area contributed by atoms with Crippen molar-refractivity contribution in [3.63, 3.8) is 0 Å². The van der Waals surface area contributed by atoms with E-state index in [1.807, 2.05) is 31.5 Å². The third-order valence-corrected chi connectivity index (χ3v) is 4.36. The molecule has 0 spiro atoms. The Bertz CT molecular complexity index is 779. The number of ether oxygens (including phenoxy) is 1. The second kappa shape index (κ2) is 5.92. The van der Waals surface area contributed by atoms with Crippen molar-refractivity contribution in [2.24, 2.45) is 5.92 Å². The van der Waals surface area contributed by atoms with Crippen molar-refractivity contribution in [3.8, 4) is 0 Å². The van der Waals surface area contributed by atoms with Crippen molar-refractivity contribution < 1.29 is 9.53 Å². The van der Waals surface area contributed by atoms with Crippen LogP contribution in [0.15, 0.2) is 18.3 Å². The second-order valence-corrected chi connectivity index (χ2v) is 7.08. The smallest absolute Gasteiger partial charge is 0.343 e. The number of cyclic esters (lactones) is 1. The van der Waals surface area contributed by atoms with Gasteiger partial charge >= 0.3 is 5.97 Å². The van der Waals surface area contributed by atoms with Gasteiger partial charge < -0.3 is 10.1 Å². The number of nitrogens with one attached hydrogen (secondary N) is 1. The number of esters is 1. The molecule has 0 amide bonds. The molecule has 3 heterocycles. The van der Waals surface area contributed by atoms with Gasteiger partial charge in [0.1, 0.15) is 17.0 Å².